The van der Waals surface area contributed by atoms with Crippen molar-refractivity contribution in [2.45, 2.75) is 6.54 Å². The van der Waals surface area contributed by atoms with E-state index in [1.165, 1.54) is 11.1 Å². The minimum atomic E-state index is 0.583. The number of amides is 1. The van der Waals surface area contributed by atoms with Crippen LogP contribution in [0.15, 0.2) is 85.3 Å². The third-order valence-electron chi connectivity index (χ3n) is 4.27. The van der Waals surface area contributed by atoms with E-state index in [2.05, 4.69) is 51.8 Å². The van der Waals surface area contributed by atoms with Crippen molar-refractivity contribution < 1.29 is 4.79 Å². The third-order valence-corrected chi connectivity index (χ3v) is 4.27. The average Bonchev–Trinajstić information content (AvgIpc) is 3.18. The van der Waals surface area contributed by atoms with Crippen LogP contribution in [-0.4, -0.2) is 21.2 Å². The van der Waals surface area contributed by atoms with Crippen molar-refractivity contribution in [1.82, 2.24) is 14.8 Å². The summed E-state index contributed by atoms with van der Waals surface area (Å²) in [7, 11) is 0. The van der Waals surface area contributed by atoms with Gasteiger partial charge in [0.25, 0.3) is 0 Å². The smallest absolute Gasteiger partial charge is 0.211 e. The second-order valence-electron chi connectivity index (χ2n) is 6.19. The number of aromatic nitrogens is 3. The lowest BCUT2D eigenvalue weighted by Gasteiger charge is -2.05. The molecule has 132 valence electrons. The molecule has 1 N–H and O–H groups in total. The number of nitrogens with zero attached hydrogens (tertiary/aromatic N) is 3. The Morgan fingerprint density at radius 3 is 2.56 bits per heavy atom. The lowest BCUT2D eigenvalue weighted by Crippen LogP contribution is -2.02. The van der Waals surface area contributed by atoms with Crippen LogP contribution in [0.25, 0.3) is 22.4 Å². The Morgan fingerprint density at radius 1 is 0.889 bits per heavy atom. The van der Waals surface area contributed by atoms with Gasteiger partial charge in [-0.05, 0) is 34.9 Å². The summed E-state index contributed by atoms with van der Waals surface area (Å²) in [5, 5.41) is 7.30. The summed E-state index contributed by atoms with van der Waals surface area (Å²) in [4.78, 5) is 14.7. The first-order valence-electron chi connectivity index (χ1n) is 8.65. The van der Waals surface area contributed by atoms with Gasteiger partial charge in [-0.15, -0.1) is 0 Å². The van der Waals surface area contributed by atoms with E-state index in [4.69, 9.17) is 0 Å². The molecular formula is C22H18N4O. The number of benzene rings is 2. The maximum atomic E-state index is 10.6. The Bertz CT molecular complexity index is 1060. The van der Waals surface area contributed by atoms with Crippen molar-refractivity contribution >= 4 is 12.1 Å². The molecule has 4 aromatic rings. The molecule has 0 atom stereocenters. The van der Waals surface area contributed by atoms with Crippen LogP contribution in [0.3, 0.4) is 0 Å². The van der Waals surface area contributed by atoms with Crippen molar-refractivity contribution in [3.8, 4) is 22.4 Å². The Kier molecular flexibility index (Phi) is 4.74. The van der Waals surface area contributed by atoms with Crippen LogP contribution in [-0.2, 0) is 11.3 Å². The molecule has 2 aromatic carbocycles. The number of carbonyl (C=O) groups is 1. The normalized spacial score (nSPS) is 10.5. The number of anilines is 1. The summed E-state index contributed by atoms with van der Waals surface area (Å²) in [6.07, 6.45) is 5.98. The minimum Gasteiger partial charge on any atom is -0.327 e. The highest BCUT2D eigenvalue weighted by Gasteiger charge is 2.06. The highest BCUT2D eigenvalue weighted by Crippen LogP contribution is 2.25. The summed E-state index contributed by atoms with van der Waals surface area (Å²) in [5.41, 5.74) is 5.98. The molecule has 5 nitrogen and oxygen atoms in total. The third kappa shape index (κ3) is 3.93. The number of pyridine rings is 1. The SMILES string of the molecule is O=CNc1cncc(Cn2ccc(-c3cccc(-c4ccccc4)c3)n2)c1. The van der Waals surface area contributed by atoms with Crippen molar-refractivity contribution in [3.63, 3.8) is 0 Å². The lowest BCUT2D eigenvalue weighted by molar-refractivity contribution is -0.105. The lowest BCUT2D eigenvalue weighted by atomic mass is 10.0. The van der Waals surface area contributed by atoms with E-state index in [0.29, 0.717) is 18.6 Å². The Hall–Kier alpha value is -3.73. The summed E-state index contributed by atoms with van der Waals surface area (Å²) in [6.45, 7) is 0.583. The number of carbonyl (C=O) groups excluding carboxylic acids is 1. The van der Waals surface area contributed by atoms with E-state index in [1.54, 1.807) is 12.4 Å². The van der Waals surface area contributed by atoms with E-state index in [1.807, 2.05) is 41.2 Å². The van der Waals surface area contributed by atoms with Gasteiger partial charge in [-0.1, -0.05) is 48.5 Å². The van der Waals surface area contributed by atoms with Crippen LogP contribution in [0, 0.1) is 0 Å². The van der Waals surface area contributed by atoms with Gasteiger partial charge in [0.2, 0.25) is 6.41 Å². The minimum absolute atomic E-state index is 0.583. The topological polar surface area (TPSA) is 59.8 Å². The molecule has 2 heterocycles. The van der Waals surface area contributed by atoms with Crippen LogP contribution in [0.1, 0.15) is 5.56 Å². The second kappa shape index (κ2) is 7.66. The van der Waals surface area contributed by atoms with Crippen molar-refractivity contribution in [2.24, 2.45) is 0 Å². The van der Waals surface area contributed by atoms with Gasteiger partial charge in [0.05, 0.1) is 24.1 Å². The number of hydrogen-bond acceptors (Lipinski definition) is 3. The zero-order chi connectivity index (χ0) is 18.5. The van der Waals surface area contributed by atoms with Crippen molar-refractivity contribution in [2.75, 3.05) is 5.32 Å². The predicted molar refractivity (Wildman–Crippen MR) is 106 cm³/mol. The van der Waals surface area contributed by atoms with Crippen molar-refractivity contribution in [1.29, 1.82) is 0 Å². The van der Waals surface area contributed by atoms with Crippen LogP contribution >= 0.6 is 0 Å². The average molecular weight is 354 g/mol. The second-order valence-corrected chi connectivity index (χ2v) is 6.19. The number of rotatable bonds is 6. The molecule has 0 saturated heterocycles. The van der Waals surface area contributed by atoms with Gasteiger partial charge in [-0.25, -0.2) is 0 Å². The molecule has 4 rings (SSSR count). The molecule has 0 aliphatic carbocycles. The van der Waals surface area contributed by atoms with Gasteiger partial charge < -0.3 is 5.32 Å². The maximum Gasteiger partial charge on any atom is 0.211 e. The molecule has 0 saturated carbocycles. The summed E-state index contributed by atoms with van der Waals surface area (Å²) < 4.78 is 1.87. The fourth-order valence-corrected chi connectivity index (χ4v) is 3.00. The van der Waals surface area contributed by atoms with Crippen LogP contribution in [0.4, 0.5) is 5.69 Å². The molecular weight excluding hydrogens is 336 g/mol. The molecule has 2 aromatic heterocycles. The fourth-order valence-electron chi connectivity index (χ4n) is 3.00. The largest absolute Gasteiger partial charge is 0.327 e. The summed E-state index contributed by atoms with van der Waals surface area (Å²) in [6, 6.07) is 22.6. The Morgan fingerprint density at radius 2 is 1.70 bits per heavy atom. The Labute approximate surface area is 157 Å². The van der Waals surface area contributed by atoms with Gasteiger partial charge in [0.15, 0.2) is 0 Å². The van der Waals surface area contributed by atoms with Crippen molar-refractivity contribution in [3.05, 3.63) is 90.9 Å². The van der Waals surface area contributed by atoms with Crippen LogP contribution in [0.2, 0.25) is 0 Å². The van der Waals surface area contributed by atoms with E-state index in [-0.39, 0.29) is 0 Å². The molecule has 0 unspecified atom stereocenters. The van der Waals surface area contributed by atoms with Gasteiger partial charge >= 0.3 is 0 Å². The zero-order valence-electron chi connectivity index (χ0n) is 14.6. The van der Waals surface area contributed by atoms with E-state index >= 15 is 0 Å². The highest BCUT2D eigenvalue weighted by molar-refractivity contribution is 5.71. The van der Waals surface area contributed by atoms with Crippen LogP contribution < -0.4 is 5.32 Å². The van der Waals surface area contributed by atoms with Gasteiger partial charge in [0, 0.05) is 18.0 Å². The first-order chi connectivity index (χ1) is 13.3. The first kappa shape index (κ1) is 16.7. The fraction of sp³-hybridized carbons (Fsp3) is 0.0455. The quantitative estimate of drug-likeness (QED) is 0.527. The van der Waals surface area contributed by atoms with E-state index < -0.39 is 0 Å². The first-order valence-corrected chi connectivity index (χ1v) is 8.65. The van der Waals surface area contributed by atoms with Crippen LogP contribution in [0.5, 0.6) is 0 Å². The molecule has 0 fully saturated rings. The number of nitrogens with one attached hydrogen (secondary N) is 1. The molecule has 27 heavy (non-hydrogen) atoms. The molecule has 0 aliphatic heterocycles. The molecule has 0 aliphatic rings. The maximum absolute atomic E-state index is 10.6. The molecule has 0 bridgehead atoms. The monoisotopic (exact) mass is 354 g/mol. The van der Waals surface area contributed by atoms with E-state index in [0.717, 1.165) is 16.8 Å². The predicted octanol–water partition coefficient (Wildman–Crippen LogP) is 4.23. The van der Waals surface area contributed by atoms with Gasteiger partial charge in [-0.2, -0.15) is 5.10 Å². The molecule has 5 heteroatoms. The Balaban J connectivity index is 1.56. The summed E-state index contributed by atoms with van der Waals surface area (Å²) >= 11 is 0. The zero-order valence-corrected chi connectivity index (χ0v) is 14.6. The molecule has 0 spiro atoms. The van der Waals surface area contributed by atoms with E-state index in [9.17, 15) is 4.79 Å². The summed E-state index contributed by atoms with van der Waals surface area (Å²) in [5.74, 6) is 0. The molecule has 0 radical (unpaired) electrons. The molecule has 1 amide bonds. The number of hydrogen-bond donors (Lipinski definition) is 1. The highest BCUT2D eigenvalue weighted by atomic mass is 16.1. The standard InChI is InChI=1S/C22H18N4O/c27-16-24-21-11-17(13-23-14-21)15-26-10-9-22(25-26)20-8-4-7-19(12-20)18-5-2-1-3-6-18/h1-14,16H,15H2,(H,24,27). The van der Waals surface area contributed by atoms with Gasteiger partial charge in [-0.3, -0.25) is 14.5 Å². The van der Waals surface area contributed by atoms with Gasteiger partial charge in [0.1, 0.15) is 0 Å².